The van der Waals surface area contributed by atoms with Crippen LogP contribution in [0.1, 0.15) is 36.7 Å². The molecule has 2 amide bonds. The molecule has 0 bridgehead atoms. The lowest BCUT2D eigenvalue weighted by atomic mass is 10.0. The van der Waals surface area contributed by atoms with Crippen LogP contribution in [0.5, 0.6) is 0 Å². The van der Waals surface area contributed by atoms with Gasteiger partial charge in [0.25, 0.3) is 5.91 Å². The zero-order chi connectivity index (χ0) is 15.3. The highest BCUT2D eigenvalue weighted by Crippen LogP contribution is 2.17. The summed E-state index contributed by atoms with van der Waals surface area (Å²) >= 11 is 0. The number of rotatable bonds is 5. The van der Waals surface area contributed by atoms with Crippen LogP contribution in [-0.4, -0.2) is 24.4 Å². The third-order valence-corrected chi connectivity index (χ3v) is 3.12. The number of carbonyl (C=O) groups excluding carboxylic acids is 2. The van der Waals surface area contributed by atoms with Gasteiger partial charge in [0, 0.05) is 17.8 Å². The average molecular weight is 277 g/mol. The lowest BCUT2D eigenvalue weighted by molar-refractivity contribution is -0.118. The lowest BCUT2D eigenvalue weighted by Gasteiger charge is -2.17. The van der Waals surface area contributed by atoms with Gasteiger partial charge in [-0.2, -0.15) is 0 Å². The van der Waals surface area contributed by atoms with E-state index in [0.29, 0.717) is 17.8 Å². The minimum absolute atomic E-state index is 0.0573. The lowest BCUT2D eigenvalue weighted by Crippen LogP contribution is -2.39. The van der Waals surface area contributed by atoms with Crippen LogP contribution in [0.4, 0.5) is 5.69 Å². The Balaban J connectivity index is 2.92. The van der Waals surface area contributed by atoms with Crippen molar-refractivity contribution in [3.05, 3.63) is 29.3 Å². The highest BCUT2D eigenvalue weighted by atomic mass is 16.2. The molecule has 0 aliphatic carbocycles. The van der Waals surface area contributed by atoms with Gasteiger partial charge in [0.1, 0.15) is 0 Å². The second-order valence-corrected chi connectivity index (χ2v) is 5.15. The molecule has 1 aromatic carbocycles. The van der Waals surface area contributed by atoms with Crippen molar-refractivity contribution in [2.24, 2.45) is 11.7 Å². The Morgan fingerprint density at radius 3 is 2.50 bits per heavy atom. The third kappa shape index (κ3) is 4.06. The summed E-state index contributed by atoms with van der Waals surface area (Å²) in [4.78, 5) is 23.8. The summed E-state index contributed by atoms with van der Waals surface area (Å²) in [5.74, 6) is -0.339. The maximum Gasteiger partial charge on any atom is 0.251 e. The van der Waals surface area contributed by atoms with Gasteiger partial charge in [-0.15, -0.1) is 0 Å². The summed E-state index contributed by atoms with van der Waals surface area (Å²) in [5, 5.41) is 5.51. The number of aryl methyl sites for hydroxylation is 1. The Kier molecular flexibility index (Phi) is 5.70. The standard InChI is InChI=1S/C15H23N3O2/c1-5-17-14(19)11-7-6-10(4)12(8-11)18-15(20)13(16)9(2)3/h6-9,13H,5,16H2,1-4H3,(H,17,19)(H,18,20). The number of nitrogens with one attached hydrogen (secondary N) is 2. The van der Waals surface area contributed by atoms with Crippen molar-refractivity contribution in [2.45, 2.75) is 33.7 Å². The van der Waals surface area contributed by atoms with E-state index in [9.17, 15) is 9.59 Å². The Morgan fingerprint density at radius 1 is 1.30 bits per heavy atom. The molecule has 1 aromatic rings. The molecule has 0 saturated heterocycles. The largest absolute Gasteiger partial charge is 0.352 e. The topological polar surface area (TPSA) is 84.2 Å². The van der Waals surface area contributed by atoms with Crippen LogP contribution in [0.3, 0.4) is 0 Å². The van der Waals surface area contributed by atoms with Crippen LogP contribution in [-0.2, 0) is 4.79 Å². The van der Waals surface area contributed by atoms with E-state index in [1.165, 1.54) is 0 Å². The second-order valence-electron chi connectivity index (χ2n) is 5.15. The van der Waals surface area contributed by atoms with Crippen LogP contribution in [0.15, 0.2) is 18.2 Å². The minimum Gasteiger partial charge on any atom is -0.352 e. The molecule has 0 heterocycles. The van der Waals surface area contributed by atoms with Crippen molar-refractivity contribution in [3.63, 3.8) is 0 Å². The van der Waals surface area contributed by atoms with E-state index in [4.69, 9.17) is 5.73 Å². The summed E-state index contributed by atoms with van der Waals surface area (Å²) < 4.78 is 0. The number of carbonyl (C=O) groups is 2. The van der Waals surface area contributed by atoms with Gasteiger partial charge in [-0.3, -0.25) is 9.59 Å². The average Bonchev–Trinajstić information content (AvgIpc) is 2.40. The minimum atomic E-state index is -0.567. The number of hydrogen-bond acceptors (Lipinski definition) is 3. The fraction of sp³-hybridized carbons (Fsp3) is 0.467. The number of nitrogens with two attached hydrogens (primary N) is 1. The van der Waals surface area contributed by atoms with Gasteiger partial charge in [0.2, 0.25) is 5.91 Å². The Morgan fingerprint density at radius 2 is 1.95 bits per heavy atom. The van der Waals surface area contributed by atoms with Crippen molar-refractivity contribution in [1.29, 1.82) is 0 Å². The van der Waals surface area contributed by atoms with E-state index in [-0.39, 0.29) is 17.7 Å². The summed E-state index contributed by atoms with van der Waals surface area (Å²) in [6.07, 6.45) is 0. The van der Waals surface area contributed by atoms with Gasteiger partial charge in [0.05, 0.1) is 6.04 Å². The van der Waals surface area contributed by atoms with Crippen molar-refractivity contribution < 1.29 is 9.59 Å². The van der Waals surface area contributed by atoms with E-state index in [1.54, 1.807) is 18.2 Å². The van der Waals surface area contributed by atoms with Gasteiger partial charge in [-0.05, 0) is 37.5 Å². The maximum atomic E-state index is 12.0. The molecule has 1 rings (SSSR count). The molecule has 0 radical (unpaired) electrons. The van der Waals surface area contributed by atoms with E-state index in [0.717, 1.165) is 5.56 Å². The summed E-state index contributed by atoms with van der Waals surface area (Å²) in [6.45, 7) is 8.07. The quantitative estimate of drug-likeness (QED) is 0.765. The molecular formula is C15H23N3O2. The number of amides is 2. The molecular weight excluding hydrogens is 254 g/mol. The first-order valence-corrected chi connectivity index (χ1v) is 6.82. The van der Waals surface area contributed by atoms with Crippen LogP contribution < -0.4 is 16.4 Å². The maximum absolute atomic E-state index is 12.0. The highest BCUT2D eigenvalue weighted by molar-refractivity contribution is 5.99. The van der Waals surface area contributed by atoms with Crippen molar-refractivity contribution in [2.75, 3.05) is 11.9 Å². The van der Waals surface area contributed by atoms with Gasteiger partial charge < -0.3 is 16.4 Å². The summed E-state index contributed by atoms with van der Waals surface area (Å²) in [6, 6.07) is 4.65. The van der Waals surface area contributed by atoms with Gasteiger partial charge in [0.15, 0.2) is 0 Å². The molecule has 0 fully saturated rings. The second kappa shape index (κ2) is 7.05. The SMILES string of the molecule is CCNC(=O)c1ccc(C)c(NC(=O)C(N)C(C)C)c1. The highest BCUT2D eigenvalue weighted by Gasteiger charge is 2.18. The predicted octanol–water partition coefficient (Wildman–Crippen LogP) is 1.67. The Bertz CT molecular complexity index is 498. The fourth-order valence-electron chi connectivity index (χ4n) is 1.68. The number of hydrogen-bond donors (Lipinski definition) is 3. The van der Waals surface area contributed by atoms with Crippen LogP contribution in [0, 0.1) is 12.8 Å². The normalized spacial score (nSPS) is 12.1. The first-order chi connectivity index (χ1) is 9.36. The Hall–Kier alpha value is -1.88. The molecule has 0 aromatic heterocycles. The van der Waals surface area contributed by atoms with E-state index in [1.807, 2.05) is 27.7 Å². The van der Waals surface area contributed by atoms with Crippen molar-refractivity contribution >= 4 is 17.5 Å². The molecule has 5 heteroatoms. The fourth-order valence-corrected chi connectivity index (χ4v) is 1.68. The number of benzene rings is 1. The van der Waals surface area contributed by atoms with Crippen LogP contribution in [0.25, 0.3) is 0 Å². The summed E-state index contributed by atoms with van der Waals surface area (Å²) in [5.41, 5.74) is 7.84. The third-order valence-electron chi connectivity index (χ3n) is 3.12. The van der Waals surface area contributed by atoms with Crippen LogP contribution in [0.2, 0.25) is 0 Å². The van der Waals surface area contributed by atoms with Crippen molar-refractivity contribution in [3.8, 4) is 0 Å². The Labute approximate surface area is 119 Å². The molecule has 20 heavy (non-hydrogen) atoms. The monoisotopic (exact) mass is 277 g/mol. The zero-order valence-corrected chi connectivity index (χ0v) is 12.5. The molecule has 0 aliphatic heterocycles. The van der Waals surface area contributed by atoms with E-state index >= 15 is 0 Å². The molecule has 0 aliphatic rings. The van der Waals surface area contributed by atoms with Gasteiger partial charge in [-0.25, -0.2) is 0 Å². The molecule has 110 valence electrons. The smallest absolute Gasteiger partial charge is 0.251 e. The molecule has 4 N–H and O–H groups in total. The first kappa shape index (κ1) is 16.2. The molecule has 0 saturated carbocycles. The van der Waals surface area contributed by atoms with E-state index in [2.05, 4.69) is 10.6 Å². The summed E-state index contributed by atoms with van der Waals surface area (Å²) in [7, 11) is 0. The first-order valence-electron chi connectivity index (χ1n) is 6.82. The number of anilines is 1. The van der Waals surface area contributed by atoms with Gasteiger partial charge in [-0.1, -0.05) is 19.9 Å². The molecule has 1 atom stereocenters. The predicted molar refractivity (Wildman–Crippen MR) is 80.6 cm³/mol. The van der Waals surface area contributed by atoms with Crippen molar-refractivity contribution in [1.82, 2.24) is 5.32 Å². The molecule has 1 unspecified atom stereocenters. The zero-order valence-electron chi connectivity index (χ0n) is 12.5. The molecule has 5 nitrogen and oxygen atoms in total. The van der Waals surface area contributed by atoms with Crippen LogP contribution >= 0.6 is 0 Å². The molecule has 0 spiro atoms. The van der Waals surface area contributed by atoms with Gasteiger partial charge >= 0.3 is 0 Å². The van der Waals surface area contributed by atoms with E-state index < -0.39 is 6.04 Å².